The summed E-state index contributed by atoms with van der Waals surface area (Å²) in [6, 6.07) is 15.9. The molecule has 2 aromatic carbocycles. The summed E-state index contributed by atoms with van der Waals surface area (Å²) in [6.07, 6.45) is -0.680. The van der Waals surface area contributed by atoms with Gasteiger partial charge in [0, 0.05) is 18.6 Å². The maximum atomic E-state index is 11.9. The van der Waals surface area contributed by atoms with Crippen molar-refractivity contribution in [2.45, 2.75) is 12.5 Å². The van der Waals surface area contributed by atoms with Crippen LogP contribution in [0.2, 0.25) is 5.02 Å². The van der Waals surface area contributed by atoms with E-state index in [1.165, 1.54) is 4.90 Å². The molecule has 0 aliphatic carbocycles. The van der Waals surface area contributed by atoms with Gasteiger partial charge in [-0.2, -0.15) is 0 Å². The van der Waals surface area contributed by atoms with Crippen molar-refractivity contribution in [2.24, 2.45) is 0 Å². The molecule has 1 atom stereocenters. The molecule has 4 nitrogen and oxygen atoms in total. The second kappa shape index (κ2) is 7.82. The van der Waals surface area contributed by atoms with Gasteiger partial charge < -0.3 is 14.7 Å². The summed E-state index contributed by atoms with van der Waals surface area (Å²) < 4.78 is 5.22. The number of aliphatic hydroxyl groups is 1. The lowest BCUT2D eigenvalue weighted by Gasteiger charge is -2.19. The van der Waals surface area contributed by atoms with Gasteiger partial charge in [0.25, 0.3) is 0 Å². The molecule has 0 aliphatic rings. The average Bonchev–Trinajstić information content (AvgIpc) is 2.53. The third kappa shape index (κ3) is 4.76. The van der Waals surface area contributed by atoms with E-state index in [9.17, 15) is 9.90 Å². The van der Waals surface area contributed by atoms with Gasteiger partial charge in [-0.3, -0.25) is 0 Å². The van der Waals surface area contributed by atoms with E-state index in [1.807, 2.05) is 6.07 Å². The number of amides is 1. The number of carbonyl (C=O) groups is 1. The molecule has 0 saturated carbocycles. The van der Waals surface area contributed by atoms with E-state index in [0.29, 0.717) is 23.7 Å². The van der Waals surface area contributed by atoms with E-state index in [0.717, 1.165) is 5.56 Å². The van der Waals surface area contributed by atoms with Crippen LogP contribution in [0.25, 0.3) is 0 Å². The van der Waals surface area contributed by atoms with Crippen LogP contribution >= 0.6 is 11.6 Å². The standard InChI is InChI=1S/C17H18ClNO3/c1-19(17(21)22-15-5-3-2-4-6-15)12-11-16(20)13-7-9-14(18)10-8-13/h2-10,16,20H,11-12H2,1H3. The van der Waals surface area contributed by atoms with E-state index in [-0.39, 0.29) is 0 Å². The van der Waals surface area contributed by atoms with Crippen molar-refractivity contribution < 1.29 is 14.6 Å². The molecule has 2 aromatic rings. The number of halogens is 1. The predicted molar refractivity (Wildman–Crippen MR) is 86.1 cm³/mol. The molecule has 0 radical (unpaired) electrons. The van der Waals surface area contributed by atoms with Gasteiger partial charge in [0.05, 0.1) is 6.10 Å². The zero-order valence-electron chi connectivity index (χ0n) is 12.3. The Hall–Kier alpha value is -2.04. The Kier molecular flexibility index (Phi) is 5.81. The van der Waals surface area contributed by atoms with Crippen LogP contribution in [0.3, 0.4) is 0 Å². The predicted octanol–water partition coefficient (Wildman–Crippen LogP) is 3.89. The summed E-state index contributed by atoms with van der Waals surface area (Å²) in [7, 11) is 1.64. The SMILES string of the molecule is CN(CCC(O)c1ccc(Cl)cc1)C(=O)Oc1ccccc1. The van der Waals surface area contributed by atoms with Crippen LogP contribution in [-0.2, 0) is 0 Å². The van der Waals surface area contributed by atoms with E-state index in [4.69, 9.17) is 16.3 Å². The fourth-order valence-electron chi connectivity index (χ4n) is 1.93. The minimum absolute atomic E-state index is 0.384. The van der Waals surface area contributed by atoms with Crippen molar-refractivity contribution in [1.29, 1.82) is 0 Å². The van der Waals surface area contributed by atoms with Crippen LogP contribution < -0.4 is 4.74 Å². The number of aliphatic hydroxyl groups excluding tert-OH is 1. The van der Waals surface area contributed by atoms with Gasteiger partial charge in [-0.15, -0.1) is 0 Å². The Morgan fingerprint density at radius 2 is 1.82 bits per heavy atom. The minimum atomic E-state index is -0.649. The van der Waals surface area contributed by atoms with Crippen LogP contribution in [0.4, 0.5) is 4.79 Å². The molecule has 0 saturated heterocycles. The topological polar surface area (TPSA) is 49.8 Å². The Morgan fingerprint density at radius 3 is 2.45 bits per heavy atom. The zero-order valence-corrected chi connectivity index (χ0v) is 13.0. The smallest absolute Gasteiger partial charge is 0.410 e. The Bertz CT molecular complexity index is 601. The number of ether oxygens (including phenoxy) is 1. The molecule has 1 N–H and O–H groups in total. The molecular weight excluding hydrogens is 302 g/mol. The number of hydrogen-bond donors (Lipinski definition) is 1. The second-order valence-electron chi connectivity index (χ2n) is 4.96. The Balaban J connectivity index is 1.82. The van der Waals surface area contributed by atoms with E-state index in [2.05, 4.69) is 0 Å². The summed E-state index contributed by atoms with van der Waals surface area (Å²) in [5.74, 6) is 0.498. The van der Waals surface area contributed by atoms with Gasteiger partial charge in [0.1, 0.15) is 5.75 Å². The lowest BCUT2D eigenvalue weighted by Crippen LogP contribution is -2.31. The molecule has 0 aliphatic heterocycles. The summed E-state index contributed by atoms with van der Waals surface area (Å²) in [6.45, 7) is 0.384. The number of carbonyl (C=O) groups excluding carboxylic acids is 1. The minimum Gasteiger partial charge on any atom is -0.410 e. The van der Waals surface area contributed by atoms with Crippen LogP contribution in [-0.4, -0.2) is 29.7 Å². The first-order valence-electron chi connectivity index (χ1n) is 6.98. The van der Waals surface area contributed by atoms with Crippen molar-refractivity contribution in [3.63, 3.8) is 0 Å². The monoisotopic (exact) mass is 319 g/mol. The molecule has 0 bridgehead atoms. The van der Waals surface area contributed by atoms with E-state index < -0.39 is 12.2 Å². The number of benzene rings is 2. The number of hydrogen-bond acceptors (Lipinski definition) is 3. The van der Waals surface area contributed by atoms with Crippen molar-refractivity contribution in [3.8, 4) is 5.75 Å². The number of rotatable bonds is 5. The molecule has 0 spiro atoms. The zero-order chi connectivity index (χ0) is 15.9. The van der Waals surface area contributed by atoms with Gasteiger partial charge in [-0.25, -0.2) is 4.79 Å². The number of nitrogens with zero attached hydrogens (tertiary/aromatic N) is 1. The molecule has 0 heterocycles. The first kappa shape index (κ1) is 16.3. The highest BCUT2D eigenvalue weighted by molar-refractivity contribution is 6.30. The summed E-state index contributed by atoms with van der Waals surface area (Å²) in [4.78, 5) is 13.3. The molecule has 0 aromatic heterocycles. The lowest BCUT2D eigenvalue weighted by molar-refractivity contribution is 0.134. The van der Waals surface area contributed by atoms with Gasteiger partial charge in [0.2, 0.25) is 0 Å². The van der Waals surface area contributed by atoms with Crippen LogP contribution in [0.15, 0.2) is 54.6 Å². The van der Waals surface area contributed by atoms with E-state index >= 15 is 0 Å². The molecule has 2 rings (SSSR count). The molecular formula is C17H18ClNO3. The fraction of sp³-hybridized carbons (Fsp3) is 0.235. The maximum absolute atomic E-state index is 11.9. The van der Waals surface area contributed by atoms with Crippen molar-refractivity contribution in [3.05, 3.63) is 65.2 Å². The Labute approximate surface area is 134 Å². The molecule has 116 valence electrons. The Morgan fingerprint density at radius 1 is 1.18 bits per heavy atom. The first-order chi connectivity index (χ1) is 10.6. The lowest BCUT2D eigenvalue weighted by atomic mass is 10.1. The van der Waals surface area contributed by atoms with Gasteiger partial charge in [0.15, 0.2) is 0 Å². The first-order valence-corrected chi connectivity index (χ1v) is 7.35. The molecule has 22 heavy (non-hydrogen) atoms. The van der Waals surface area contributed by atoms with Crippen LogP contribution in [0.1, 0.15) is 18.1 Å². The average molecular weight is 320 g/mol. The quantitative estimate of drug-likeness (QED) is 0.909. The van der Waals surface area contributed by atoms with Crippen molar-refractivity contribution in [1.82, 2.24) is 4.90 Å². The molecule has 1 amide bonds. The maximum Gasteiger partial charge on any atom is 0.414 e. The number of para-hydroxylation sites is 1. The van der Waals surface area contributed by atoms with Crippen LogP contribution in [0, 0.1) is 0 Å². The highest BCUT2D eigenvalue weighted by Crippen LogP contribution is 2.19. The van der Waals surface area contributed by atoms with Gasteiger partial charge in [-0.05, 0) is 36.2 Å². The molecule has 5 heteroatoms. The molecule has 0 fully saturated rings. The highest BCUT2D eigenvalue weighted by Gasteiger charge is 2.14. The van der Waals surface area contributed by atoms with Crippen molar-refractivity contribution in [2.75, 3.05) is 13.6 Å². The third-order valence-electron chi connectivity index (χ3n) is 3.25. The molecule has 1 unspecified atom stereocenters. The van der Waals surface area contributed by atoms with Gasteiger partial charge >= 0.3 is 6.09 Å². The summed E-state index contributed by atoms with van der Waals surface area (Å²) in [5, 5.41) is 10.7. The third-order valence-corrected chi connectivity index (χ3v) is 3.50. The largest absolute Gasteiger partial charge is 0.414 e. The summed E-state index contributed by atoms with van der Waals surface area (Å²) >= 11 is 5.81. The van der Waals surface area contributed by atoms with Crippen LogP contribution in [0.5, 0.6) is 5.75 Å². The van der Waals surface area contributed by atoms with Crippen molar-refractivity contribution >= 4 is 17.7 Å². The van der Waals surface area contributed by atoms with E-state index in [1.54, 1.807) is 55.6 Å². The second-order valence-corrected chi connectivity index (χ2v) is 5.40. The normalized spacial score (nSPS) is 11.8. The van der Waals surface area contributed by atoms with Gasteiger partial charge in [-0.1, -0.05) is 41.9 Å². The highest BCUT2D eigenvalue weighted by atomic mass is 35.5. The summed E-state index contributed by atoms with van der Waals surface area (Å²) in [5.41, 5.74) is 0.772. The fourth-order valence-corrected chi connectivity index (χ4v) is 2.05.